The summed E-state index contributed by atoms with van der Waals surface area (Å²) in [5.41, 5.74) is 1.60. The van der Waals surface area contributed by atoms with Gasteiger partial charge in [-0.1, -0.05) is 12.1 Å². The van der Waals surface area contributed by atoms with Gasteiger partial charge in [-0.15, -0.1) is 11.8 Å². The Morgan fingerprint density at radius 2 is 1.94 bits per heavy atom. The highest BCUT2D eigenvalue weighted by Gasteiger charge is 2.02. The molecule has 2 rings (SSSR count). The quantitative estimate of drug-likeness (QED) is 0.825. The van der Waals surface area contributed by atoms with Crippen molar-refractivity contribution in [3.63, 3.8) is 0 Å². The average Bonchev–Trinajstić information content (AvgIpc) is 2.39. The summed E-state index contributed by atoms with van der Waals surface area (Å²) in [7, 11) is 0. The van der Waals surface area contributed by atoms with E-state index in [0.717, 1.165) is 5.56 Å². The first-order valence-electron chi connectivity index (χ1n) is 4.90. The van der Waals surface area contributed by atoms with Crippen molar-refractivity contribution in [3.05, 3.63) is 42.2 Å². The summed E-state index contributed by atoms with van der Waals surface area (Å²) >= 11 is 1.70. The van der Waals surface area contributed by atoms with Crippen LogP contribution in [-0.4, -0.2) is 21.3 Å². The van der Waals surface area contributed by atoms with Crippen molar-refractivity contribution < 1.29 is 5.11 Å². The summed E-state index contributed by atoms with van der Waals surface area (Å²) < 4.78 is 0. The first-order chi connectivity index (χ1) is 7.83. The third kappa shape index (κ3) is 2.40. The maximum absolute atomic E-state index is 9.00. The Morgan fingerprint density at radius 1 is 1.19 bits per heavy atom. The Hall–Kier alpha value is -1.39. The number of nitrogens with zero attached hydrogens (tertiary/aromatic N) is 2. The lowest BCUT2D eigenvalue weighted by Gasteiger charge is -2.02. The van der Waals surface area contributed by atoms with Gasteiger partial charge in [-0.05, 0) is 24.5 Å². The Bertz CT molecular complexity index is 471. The van der Waals surface area contributed by atoms with Gasteiger partial charge in [-0.25, -0.2) is 9.97 Å². The average molecular weight is 232 g/mol. The molecule has 1 aromatic carbocycles. The lowest BCUT2D eigenvalue weighted by Crippen LogP contribution is -1.94. The maximum atomic E-state index is 9.00. The summed E-state index contributed by atoms with van der Waals surface area (Å²) in [4.78, 5) is 9.64. The van der Waals surface area contributed by atoms with Gasteiger partial charge in [-0.3, -0.25) is 0 Å². The number of aromatic nitrogens is 2. The van der Waals surface area contributed by atoms with Gasteiger partial charge >= 0.3 is 0 Å². The molecule has 1 heterocycles. The molecular weight excluding hydrogens is 220 g/mol. The molecule has 3 nitrogen and oxygen atoms in total. The third-order valence-corrected chi connectivity index (χ3v) is 2.97. The summed E-state index contributed by atoms with van der Waals surface area (Å²) in [5.74, 6) is 0.652. The fourth-order valence-electron chi connectivity index (χ4n) is 1.36. The Kier molecular flexibility index (Phi) is 3.54. The molecule has 0 fully saturated rings. The number of rotatable bonds is 3. The molecule has 2 aromatic rings. The van der Waals surface area contributed by atoms with Crippen LogP contribution in [-0.2, 0) is 6.61 Å². The van der Waals surface area contributed by atoms with Gasteiger partial charge in [0.15, 0.2) is 5.82 Å². The van der Waals surface area contributed by atoms with E-state index in [1.807, 2.05) is 30.5 Å². The Morgan fingerprint density at radius 3 is 2.56 bits per heavy atom. The van der Waals surface area contributed by atoms with Gasteiger partial charge in [0.2, 0.25) is 0 Å². The van der Waals surface area contributed by atoms with Crippen LogP contribution >= 0.6 is 11.8 Å². The van der Waals surface area contributed by atoms with E-state index in [-0.39, 0.29) is 6.61 Å². The molecule has 0 aliphatic rings. The fraction of sp³-hybridized carbons (Fsp3) is 0.167. The van der Waals surface area contributed by atoms with Crippen molar-refractivity contribution in [1.29, 1.82) is 0 Å². The normalized spacial score (nSPS) is 10.4. The summed E-state index contributed by atoms with van der Waals surface area (Å²) in [6.45, 7) is -0.0571. The molecule has 0 bridgehead atoms. The topological polar surface area (TPSA) is 46.0 Å². The van der Waals surface area contributed by atoms with E-state index < -0.39 is 0 Å². The standard InChI is InChI=1S/C12H12N2OS/c1-16-11-4-2-9(3-5-11)12-13-7-6-10(8-15)14-12/h2-7,15H,8H2,1H3. The van der Waals surface area contributed by atoms with Crippen molar-refractivity contribution >= 4 is 11.8 Å². The number of thioether (sulfide) groups is 1. The van der Waals surface area contributed by atoms with Crippen LogP contribution in [0.5, 0.6) is 0 Å². The highest BCUT2D eigenvalue weighted by molar-refractivity contribution is 7.98. The van der Waals surface area contributed by atoms with Crippen LogP contribution < -0.4 is 0 Å². The highest BCUT2D eigenvalue weighted by atomic mass is 32.2. The molecule has 1 N–H and O–H groups in total. The van der Waals surface area contributed by atoms with E-state index in [9.17, 15) is 0 Å². The SMILES string of the molecule is CSc1ccc(-c2nccc(CO)n2)cc1. The van der Waals surface area contributed by atoms with Crippen LogP contribution in [0, 0.1) is 0 Å². The minimum absolute atomic E-state index is 0.0571. The lowest BCUT2D eigenvalue weighted by molar-refractivity contribution is 0.277. The molecular formula is C12H12N2OS. The van der Waals surface area contributed by atoms with Crippen molar-refractivity contribution in [2.75, 3.05) is 6.26 Å². The second-order valence-corrected chi connectivity index (χ2v) is 4.14. The van der Waals surface area contributed by atoms with Gasteiger partial charge in [0.05, 0.1) is 12.3 Å². The first-order valence-corrected chi connectivity index (χ1v) is 6.13. The van der Waals surface area contributed by atoms with Crippen molar-refractivity contribution in [2.45, 2.75) is 11.5 Å². The second-order valence-electron chi connectivity index (χ2n) is 3.26. The number of aliphatic hydroxyl groups is 1. The van der Waals surface area contributed by atoms with E-state index in [4.69, 9.17) is 5.11 Å². The summed E-state index contributed by atoms with van der Waals surface area (Å²) in [6, 6.07) is 9.76. The zero-order chi connectivity index (χ0) is 11.4. The van der Waals surface area contributed by atoms with Crippen molar-refractivity contribution in [1.82, 2.24) is 9.97 Å². The van der Waals surface area contributed by atoms with Crippen LogP contribution in [0.1, 0.15) is 5.69 Å². The van der Waals surface area contributed by atoms with Crippen LogP contribution in [0.4, 0.5) is 0 Å². The molecule has 0 atom stereocenters. The number of hydrogen-bond donors (Lipinski definition) is 1. The van der Waals surface area contributed by atoms with Gasteiger partial charge in [-0.2, -0.15) is 0 Å². The van der Waals surface area contributed by atoms with Crippen LogP contribution in [0.25, 0.3) is 11.4 Å². The molecule has 0 radical (unpaired) electrons. The smallest absolute Gasteiger partial charge is 0.159 e. The minimum atomic E-state index is -0.0571. The number of benzene rings is 1. The molecule has 0 aliphatic carbocycles. The number of aliphatic hydroxyl groups excluding tert-OH is 1. The largest absolute Gasteiger partial charge is 0.390 e. The molecule has 0 aliphatic heterocycles. The van der Waals surface area contributed by atoms with Crippen LogP contribution in [0.15, 0.2) is 41.4 Å². The predicted molar refractivity (Wildman–Crippen MR) is 65.2 cm³/mol. The van der Waals surface area contributed by atoms with E-state index >= 15 is 0 Å². The molecule has 0 saturated carbocycles. The Labute approximate surface area is 98.6 Å². The molecule has 0 unspecified atom stereocenters. The highest BCUT2D eigenvalue weighted by Crippen LogP contribution is 2.20. The van der Waals surface area contributed by atoms with Crippen molar-refractivity contribution in [3.8, 4) is 11.4 Å². The van der Waals surface area contributed by atoms with E-state index in [0.29, 0.717) is 11.5 Å². The monoisotopic (exact) mass is 232 g/mol. The first kappa shape index (κ1) is 11.1. The maximum Gasteiger partial charge on any atom is 0.159 e. The van der Waals surface area contributed by atoms with Gasteiger partial charge in [0.1, 0.15) is 0 Å². The van der Waals surface area contributed by atoms with Gasteiger partial charge in [0.25, 0.3) is 0 Å². The molecule has 1 aromatic heterocycles. The zero-order valence-corrected chi connectivity index (χ0v) is 9.74. The van der Waals surface area contributed by atoms with E-state index in [1.165, 1.54) is 4.90 Å². The molecule has 82 valence electrons. The lowest BCUT2D eigenvalue weighted by atomic mass is 10.2. The fourth-order valence-corrected chi connectivity index (χ4v) is 1.77. The second kappa shape index (κ2) is 5.09. The third-order valence-electron chi connectivity index (χ3n) is 2.22. The molecule has 4 heteroatoms. The predicted octanol–water partition coefficient (Wildman–Crippen LogP) is 2.36. The van der Waals surface area contributed by atoms with E-state index in [2.05, 4.69) is 9.97 Å². The van der Waals surface area contributed by atoms with Crippen LogP contribution in [0.2, 0.25) is 0 Å². The summed E-state index contributed by atoms with van der Waals surface area (Å²) in [5, 5.41) is 9.00. The number of hydrogen-bond acceptors (Lipinski definition) is 4. The molecule has 0 spiro atoms. The molecule has 0 saturated heterocycles. The molecule has 0 amide bonds. The van der Waals surface area contributed by atoms with E-state index in [1.54, 1.807) is 24.0 Å². The van der Waals surface area contributed by atoms with Gasteiger partial charge in [0, 0.05) is 16.7 Å². The zero-order valence-electron chi connectivity index (χ0n) is 8.92. The minimum Gasteiger partial charge on any atom is -0.390 e. The van der Waals surface area contributed by atoms with Crippen LogP contribution in [0.3, 0.4) is 0 Å². The molecule has 16 heavy (non-hydrogen) atoms. The van der Waals surface area contributed by atoms with Crippen molar-refractivity contribution in [2.24, 2.45) is 0 Å². The summed E-state index contributed by atoms with van der Waals surface area (Å²) in [6.07, 6.45) is 3.70. The van der Waals surface area contributed by atoms with Gasteiger partial charge < -0.3 is 5.11 Å². The Balaban J connectivity index is 2.34.